The summed E-state index contributed by atoms with van der Waals surface area (Å²) in [7, 11) is 0. The Kier molecular flexibility index (Phi) is 4.72. The molecule has 2 fully saturated rings. The third-order valence-electron chi connectivity index (χ3n) is 5.43. The molecule has 0 spiro atoms. The lowest BCUT2D eigenvalue weighted by Gasteiger charge is -2.44. The Balaban J connectivity index is 1.62. The zero-order valence-electron chi connectivity index (χ0n) is 12.9. The molecule has 21 heavy (non-hydrogen) atoms. The van der Waals surface area contributed by atoms with Gasteiger partial charge >= 0.3 is 0 Å². The van der Waals surface area contributed by atoms with Crippen LogP contribution < -0.4 is 0 Å². The van der Waals surface area contributed by atoms with Gasteiger partial charge in [0.25, 0.3) is 0 Å². The summed E-state index contributed by atoms with van der Waals surface area (Å²) in [6.07, 6.45) is 7.18. The van der Waals surface area contributed by atoms with Crippen LogP contribution in [0.25, 0.3) is 0 Å². The van der Waals surface area contributed by atoms with Crippen LogP contribution in [-0.4, -0.2) is 29.1 Å². The van der Waals surface area contributed by atoms with Crippen molar-refractivity contribution in [1.29, 1.82) is 0 Å². The average molecular weight is 352 g/mol. The second kappa shape index (κ2) is 6.39. The maximum absolute atomic E-state index is 11.0. The molecule has 1 saturated carbocycles. The van der Waals surface area contributed by atoms with Crippen molar-refractivity contribution in [2.75, 3.05) is 13.1 Å². The van der Waals surface area contributed by atoms with Gasteiger partial charge in [0.1, 0.15) is 0 Å². The Hall–Kier alpha value is -0.380. The molecule has 2 aliphatic rings. The molecule has 0 amide bonds. The van der Waals surface area contributed by atoms with Crippen LogP contribution in [0.5, 0.6) is 0 Å². The summed E-state index contributed by atoms with van der Waals surface area (Å²) in [5.41, 5.74) is 0.444. The van der Waals surface area contributed by atoms with Crippen LogP contribution in [0.3, 0.4) is 0 Å². The molecule has 0 radical (unpaired) electrons. The van der Waals surface area contributed by atoms with Gasteiger partial charge in [-0.05, 0) is 49.3 Å². The summed E-state index contributed by atoms with van der Waals surface area (Å²) < 4.78 is 1.07. The molecule has 0 bridgehead atoms. The molecule has 1 aromatic carbocycles. The number of aliphatic hydroxyl groups is 1. The summed E-state index contributed by atoms with van der Waals surface area (Å²) >= 11 is 3.46. The van der Waals surface area contributed by atoms with E-state index in [1.54, 1.807) is 0 Å². The Morgan fingerprint density at radius 1 is 1.14 bits per heavy atom. The molecule has 1 aliphatic carbocycles. The lowest BCUT2D eigenvalue weighted by atomic mass is 9.81. The van der Waals surface area contributed by atoms with Crippen LogP contribution in [0, 0.1) is 5.92 Å². The third kappa shape index (κ3) is 3.52. The predicted molar refractivity (Wildman–Crippen MR) is 90.3 cm³/mol. The van der Waals surface area contributed by atoms with Gasteiger partial charge in [-0.2, -0.15) is 0 Å². The maximum Gasteiger partial charge on any atom is 0.0920 e. The van der Waals surface area contributed by atoms with E-state index >= 15 is 0 Å². The number of hydrogen-bond acceptors (Lipinski definition) is 2. The van der Waals surface area contributed by atoms with Gasteiger partial charge < -0.3 is 10.0 Å². The summed E-state index contributed by atoms with van der Waals surface area (Å²) in [5.74, 6) is 0.871. The molecule has 1 N–H and O–H groups in total. The van der Waals surface area contributed by atoms with E-state index in [1.165, 1.54) is 25.7 Å². The summed E-state index contributed by atoms with van der Waals surface area (Å²) in [5, 5.41) is 11.0. The maximum atomic E-state index is 11.0. The zero-order valence-corrected chi connectivity index (χ0v) is 14.5. The van der Waals surface area contributed by atoms with Crippen molar-refractivity contribution in [3.8, 4) is 0 Å². The van der Waals surface area contributed by atoms with Crippen molar-refractivity contribution in [1.82, 2.24) is 4.90 Å². The summed E-state index contributed by atoms with van der Waals surface area (Å²) in [6.45, 7) is 4.45. The van der Waals surface area contributed by atoms with Crippen molar-refractivity contribution in [2.24, 2.45) is 5.92 Å². The molecule has 3 rings (SSSR count). The van der Waals surface area contributed by atoms with Gasteiger partial charge in [0.2, 0.25) is 0 Å². The summed E-state index contributed by atoms with van der Waals surface area (Å²) in [6, 6.07) is 8.93. The number of rotatable bonds is 2. The van der Waals surface area contributed by atoms with Gasteiger partial charge in [0.05, 0.1) is 5.60 Å². The minimum atomic E-state index is -0.627. The summed E-state index contributed by atoms with van der Waals surface area (Å²) in [4.78, 5) is 2.63. The van der Waals surface area contributed by atoms with Gasteiger partial charge in [-0.25, -0.2) is 0 Å². The Labute approximate surface area is 136 Å². The van der Waals surface area contributed by atoms with Crippen molar-refractivity contribution in [3.63, 3.8) is 0 Å². The van der Waals surface area contributed by atoms with Crippen LogP contribution >= 0.6 is 15.9 Å². The van der Waals surface area contributed by atoms with Gasteiger partial charge in [-0.15, -0.1) is 0 Å². The third-order valence-corrected chi connectivity index (χ3v) is 5.96. The highest BCUT2D eigenvalue weighted by molar-refractivity contribution is 9.10. The molecule has 3 heteroatoms. The molecule has 1 heterocycles. The molecule has 0 aromatic heterocycles. The molecule has 1 aliphatic heterocycles. The van der Waals surface area contributed by atoms with Gasteiger partial charge in [-0.1, -0.05) is 47.8 Å². The average Bonchev–Trinajstić information content (AvgIpc) is 2.48. The van der Waals surface area contributed by atoms with Gasteiger partial charge in [0, 0.05) is 23.6 Å². The Bertz CT molecular complexity index is 465. The fourth-order valence-corrected chi connectivity index (χ4v) is 4.31. The van der Waals surface area contributed by atoms with E-state index < -0.39 is 5.60 Å². The van der Waals surface area contributed by atoms with Crippen molar-refractivity contribution in [2.45, 2.75) is 57.1 Å². The first-order valence-electron chi connectivity index (χ1n) is 8.29. The normalized spacial score (nSPS) is 30.2. The second-order valence-electron chi connectivity index (χ2n) is 7.00. The molecule has 116 valence electrons. The van der Waals surface area contributed by atoms with E-state index in [1.807, 2.05) is 12.1 Å². The fraction of sp³-hybridized carbons (Fsp3) is 0.667. The molecule has 2 atom stereocenters. The van der Waals surface area contributed by atoms with E-state index in [4.69, 9.17) is 0 Å². The number of nitrogens with zero attached hydrogens (tertiary/aromatic N) is 1. The number of benzene rings is 1. The van der Waals surface area contributed by atoms with Crippen molar-refractivity contribution in [3.05, 3.63) is 34.3 Å². The molecule has 1 aromatic rings. The van der Waals surface area contributed by atoms with E-state index in [9.17, 15) is 5.11 Å². The van der Waals surface area contributed by atoms with Crippen molar-refractivity contribution >= 4 is 15.9 Å². The SMILES string of the molecule is C[C@@H]1CCC[C@H](N2CCC(O)(c3ccc(Br)cc3)CC2)C1. The van der Waals surface area contributed by atoms with E-state index in [-0.39, 0.29) is 0 Å². The van der Waals surface area contributed by atoms with Crippen LogP contribution in [0.2, 0.25) is 0 Å². The van der Waals surface area contributed by atoms with Crippen LogP contribution in [0.4, 0.5) is 0 Å². The molecule has 0 unspecified atom stereocenters. The van der Waals surface area contributed by atoms with Gasteiger partial charge in [-0.3, -0.25) is 0 Å². The quantitative estimate of drug-likeness (QED) is 0.857. The molecular formula is C18H26BrNO. The zero-order chi connectivity index (χ0) is 14.9. The molecule has 1 saturated heterocycles. The standard InChI is InChI=1S/C18H26BrNO/c1-14-3-2-4-17(13-14)20-11-9-18(21,10-12-20)15-5-7-16(19)8-6-15/h5-8,14,17,21H,2-4,9-13H2,1H3/t14-,17+/m1/s1. The molecular weight excluding hydrogens is 326 g/mol. The fourth-order valence-electron chi connectivity index (χ4n) is 4.04. The number of halogens is 1. The van der Waals surface area contributed by atoms with E-state index in [2.05, 4.69) is 39.9 Å². The van der Waals surface area contributed by atoms with E-state index in [0.717, 1.165) is 47.9 Å². The largest absolute Gasteiger partial charge is 0.385 e. The first-order valence-corrected chi connectivity index (χ1v) is 9.09. The number of hydrogen-bond donors (Lipinski definition) is 1. The first-order chi connectivity index (χ1) is 10.1. The first kappa shape index (κ1) is 15.5. The molecule has 2 nitrogen and oxygen atoms in total. The minimum absolute atomic E-state index is 0.627. The minimum Gasteiger partial charge on any atom is -0.385 e. The Morgan fingerprint density at radius 2 is 1.81 bits per heavy atom. The highest BCUT2D eigenvalue weighted by Crippen LogP contribution is 2.36. The number of likely N-dealkylation sites (tertiary alicyclic amines) is 1. The van der Waals surface area contributed by atoms with Gasteiger partial charge in [0.15, 0.2) is 0 Å². The van der Waals surface area contributed by atoms with E-state index in [0.29, 0.717) is 0 Å². The van der Waals surface area contributed by atoms with Crippen LogP contribution in [-0.2, 0) is 5.60 Å². The Morgan fingerprint density at radius 3 is 2.43 bits per heavy atom. The van der Waals surface area contributed by atoms with Crippen molar-refractivity contribution < 1.29 is 5.11 Å². The lowest BCUT2D eigenvalue weighted by molar-refractivity contribution is -0.0411. The highest BCUT2D eigenvalue weighted by Gasteiger charge is 2.36. The number of piperidine rings is 1. The predicted octanol–water partition coefficient (Wildman–Crippen LogP) is 4.31. The smallest absolute Gasteiger partial charge is 0.0920 e. The van der Waals surface area contributed by atoms with Crippen LogP contribution in [0.15, 0.2) is 28.7 Å². The van der Waals surface area contributed by atoms with Crippen LogP contribution in [0.1, 0.15) is 51.0 Å². The highest BCUT2D eigenvalue weighted by atomic mass is 79.9. The lowest BCUT2D eigenvalue weighted by Crippen LogP contribution is -2.48. The topological polar surface area (TPSA) is 23.5 Å². The second-order valence-corrected chi connectivity index (χ2v) is 7.92. The monoisotopic (exact) mass is 351 g/mol.